The highest BCUT2D eigenvalue weighted by molar-refractivity contribution is 5.70. The molecule has 1 rings (SSSR count). The lowest BCUT2D eigenvalue weighted by atomic mass is 9.98. The van der Waals surface area contributed by atoms with E-state index in [4.69, 9.17) is 9.84 Å². The molecule has 1 aliphatic heterocycles. The summed E-state index contributed by atoms with van der Waals surface area (Å²) < 4.78 is 5.50. The van der Waals surface area contributed by atoms with Crippen molar-refractivity contribution in [2.75, 3.05) is 32.8 Å². The quantitative estimate of drug-likeness (QED) is 0.700. The average molecular weight is 229 g/mol. The second-order valence-electron chi connectivity index (χ2n) is 4.95. The van der Waals surface area contributed by atoms with E-state index in [0.717, 1.165) is 32.5 Å². The normalized spacial score (nSPS) is 22.6. The molecule has 0 radical (unpaired) electrons. The Labute approximate surface area is 97.6 Å². The molecule has 1 fully saturated rings. The van der Waals surface area contributed by atoms with Crippen LogP contribution < -0.4 is 0 Å². The van der Waals surface area contributed by atoms with Crippen molar-refractivity contribution in [3.63, 3.8) is 0 Å². The number of nitrogens with zero attached hydrogens (tertiary/aromatic N) is 1. The Kier molecular flexibility index (Phi) is 5.77. The largest absolute Gasteiger partial charge is 0.481 e. The Balaban J connectivity index is 2.14. The molecule has 1 atom stereocenters. The van der Waals surface area contributed by atoms with Crippen LogP contribution >= 0.6 is 0 Å². The van der Waals surface area contributed by atoms with Gasteiger partial charge in [0.25, 0.3) is 0 Å². The van der Waals surface area contributed by atoms with Gasteiger partial charge < -0.3 is 14.7 Å². The van der Waals surface area contributed by atoms with E-state index >= 15 is 0 Å². The molecule has 16 heavy (non-hydrogen) atoms. The molecule has 1 unspecified atom stereocenters. The number of piperidine rings is 1. The maximum Gasteiger partial charge on any atom is 0.307 e. The Morgan fingerprint density at radius 3 is 2.94 bits per heavy atom. The SMILES string of the molecule is CC(C)COCCN1CCCC(C(=O)O)C1. The number of carboxylic acids is 1. The van der Waals surface area contributed by atoms with Gasteiger partial charge in [-0.05, 0) is 25.3 Å². The summed E-state index contributed by atoms with van der Waals surface area (Å²) in [5.41, 5.74) is 0. The van der Waals surface area contributed by atoms with Crippen molar-refractivity contribution < 1.29 is 14.6 Å². The zero-order chi connectivity index (χ0) is 12.0. The number of carbonyl (C=O) groups is 1. The van der Waals surface area contributed by atoms with Crippen molar-refractivity contribution in [2.45, 2.75) is 26.7 Å². The van der Waals surface area contributed by atoms with Crippen molar-refractivity contribution in [1.29, 1.82) is 0 Å². The van der Waals surface area contributed by atoms with Crippen molar-refractivity contribution >= 4 is 5.97 Å². The molecule has 1 saturated heterocycles. The van der Waals surface area contributed by atoms with Gasteiger partial charge in [-0.2, -0.15) is 0 Å². The molecule has 0 amide bonds. The highest BCUT2D eigenvalue weighted by Crippen LogP contribution is 2.16. The summed E-state index contributed by atoms with van der Waals surface area (Å²) in [5, 5.41) is 8.94. The lowest BCUT2D eigenvalue weighted by Crippen LogP contribution is -2.40. The number of hydrogen-bond donors (Lipinski definition) is 1. The maximum absolute atomic E-state index is 10.9. The third-order valence-corrected chi connectivity index (χ3v) is 2.86. The van der Waals surface area contributed by atoms with Crippen LogP contribution in [0.1, 0.15) is 26.7 Å². The minimum absolute atomic E-state index is 0.182. The Bertz CT molecular complexity index is 218. The van der Waals surface area contributed by atoms with E-state index in [9.17, 15) is 4.79 Å². The summed E-state index contributed by atoms with van der Waals surface area (Å²) in [7, 11) is 0. The van der Waals surface area contributed by atoms with Crippen LogP contribution in [0.2, 0.25) is 0 Å². The van der Waals surface area contributed by atoms with Gasteiger partial charge in [0.2, 0.25) is 0 Å². The topological polar surface area (TPSA) is 49.8 Å². The van der Waals surface area contributed by atoms with Crippen molar-refractivity contribution in [3.05, 3.63) is 0 Å². The molecule has 0 spiro atoms. The van der Waals surface area contributed by atoms with Gasteiger partial charge in [-0.3, -0.25) is 4.79 Å². The first-order valence-corrected chi connectivity index (χ1v) is 6.12. The molecule has 4 heteroatoms. The van der Waals surface area contributed by atoms with E-state index in [1.165, 1.54) is 0 Å². The predicted octanol–water partition coefficient (Wildman–Crippen LogP) is 1.46. The van der Waals surface area contributed by atoms with Gasteiger partial charge in [0, 0.05) is 19.7 Å². The minimum atomic E-state index is -0.659. The van der Waals surface area contributed by atoms with Crippen molar-refractivity contribution in [3.8, 4) is 0 Å². The second kappa shape index (κ2) is 6.86. The first-order valence-electron chi connectivity index (χ1n) is 6.12. The van der Waals surface area contributed by atoms with Crippen LogP contribution in [-0.4, -0.2) is 48.8 Å². The maximum atomic E-state index is 10.9. The van der Waals surface area contributed by atoms with Gasteiger partial charge >= 0.3 is 5.97 Å². The summed E-state index contributed by atoms with van der Waals surface area (Å²) in [6.07, 6.45) is 1.81. The van der Waals surface area contributed by atoms with Gasteiger partial charge in [-0.1, -0.05) is 13.8 Å². The summed E-state index contributed by atoms with van der Waals surface area (Å²) in [6, 6.07) is 0. The predicted molar refractivity (Wildman–Crippen MR) is 62.5 cm³/mol. The first-order chi connectivity index (χ1) is 7.59. The van der Waals surface area contributed by atoms with Gasteiger partial charge in [-0.25, -0.2) is 0 Å². The minimum Gasteiger partial charge on any atom is -0.481 e. The third kappa shape index (κ3) is 4.94. The summed E-state index contributed by atoms with van der Waals surface area (Å²) >= 11 is 0. The zero-order valence-corrected chi connectivity index (χ0v) is 10.3. The number of ether oxygens (including phenoxy) is 1. The highest BCUT2D eigenvalue weighted by Gasteiger charge is 2.24. The van der Waals surface area contributed by atoms with Crippen molar-refractivity contribution in [2.24, 2.45) is 11.8 Å². The second-order valence-corrected chi connectivity index (χ2v) is 4.95. The number of hydrogen-bond acceptors (Lipinski definition) is 3. The molecular weight excluding hydrogens is 206 g/mol. The molecule has 4 nitrogen and oxygen atoms in total. The van der Waals surface area contributed by atoms with E-state index in [2.05, 4.69) is 18.7 Å². The average Bonchev–Trinajstić information content (AvgIpc) is 2.24. The van der Waals surface area contributed by atoms with Gasteiger partial charge in [0.1, 0.15) is 0 Å². The zero-order valence-electron chi connectivity index (χ0n) is 10.3. The highest BCUT2D eigenvalue weighted by atomic mass is 16.5. The van der Waals surface area contributed by atoms with Gasteiger partial charge in [-0.15, -0.1) is 0 Å². The van der Waals surface area contributed by atoms with Crippen LogP contribution in [0.3, 0.4) is 0 Å². The van der Waals surface area contributed by atoms with E-state index in [0.29, 0.717) is 19.1 Å². The van der Waals surface area contributed by atoms with Crippen LogP contribution in [0.5, 0.6) is 0 Å². The number of aliphatic carboxylic acids is 1. The Morgan fingerprint density at radius 2 is 2.31 bits per heavy atom. The van der Waals surface area contributed by atoms with Crippen molar-refractivity contribution in [1.82, 2.24) is 4.90 Å². The fourth-order valence-electron chi connectivity index (χ4n) is 1.97. The van der Waals surface area contributed by atoms with E-state index < -0.39 is 5.97 Å². The van der Waals surface area contributed by atoms with E-state index in [-0.39, 0.29) is 5.92 Å². The molecular formula is C12H23NO3. The van der Waals surface area contributed by atoms with Gasteiger partial charge in [0.05, 0.1) is 12.5 Å². The van der Waals surface area contributed by atoms with Gasteiger partial charge in [0.15, 0.2) is 0 Å². The third-order valence-electron chi connectivity index (χ3n) is 2.86. The summed E-state index contributed by atoms with van der Waals surface area (Å²) in [4.78, 5) is 13.1. The number of likely N-dealkylation sites (tertiary alicyclic amines) is 1. The summed E-state index contributed by atoms with van der Waals surface area (Å²) in [5.74, 6) is -0.278. The van der Waals surface area contributed by atoms with Crippen LogP contribution in [0.25, 0.3) is 0 Å². The monoisotopic (exact) mass is 229 g/mol. The molecule has 0 aromatic heterocycles. The fraction of sp³-hybridized carbons (Fsp3) is 0.917. The van der Waals surface area contributed by atoms with E-state index in [1.54, 1.807) is 0 Å². The standard InChI is InChI=1S/C12H23NO3/c1-10(2)9-16-7-6-13-5-3-4-11(8-13)12(14)15/h10-11H,3-9H2,1-2H3,(H,14,15). The molecule has 1 aliphatic rings. The number of carboxylic acid groups (broad SMARTS) is 1. The Morgan fingerprint density at radius 1 is 1.56 bits per heavy atom. The lowest BCUT2D eigenvalue weighted by Gasteiger charge is -2.30. The molecule has 1 N–H and O–H groups in total. The van der Waals surface area contributed by atoms with E-state index in [1.807, 2.05) is 0 Å². The molecule has 0 aromatic rings. The molecule has 0 aromatic carbocycles. The lowest BCUT2D eigenvalue weighted by molar-refractivity contribution is -0.143. The first kappa shape index (κ1) is 13.5. The van der Waals surface area contributed by atoms with Crippen LogP contribution in [0.15, 0.2) is 0 Å². The van der Waals surface area contributed by atoms with Crippen LogP contribution in [-0.2, 0) is 9.53 Å². The van der Waals surface area contributed by atoms with Crippen LogP contribution in [0.4, 0.5) is 0 Å². The fourth-order valence-corrected chi connectivity index (χ4v) is 1.97. The molecule has 0 aliphatic carbocycles. The molecule has 0 bridgehead atoms. The summed E-state index contributed by atoms with van der Waals surface area (Å²) in [6.45, 7) is 8.30. The smallest absolute Gasteiger partial charge is 0.307 e. The molecule has 0 saturated carbocycles. The Hall–Kier alpha value is -0.610. The molecule has 1 heterocycles. The number of rotatable bonds is 6. The molecule has 94 valence electrons. The van der Waals surface area contributed by atoms with Crippen LogP contribution in [0, 0.1) is 11.8 Å².